The molecule has 1 amide bonds. The Morgan fingerprint density at radius 2 is 1.81 bits per heavy atom. The molecule has 4 nitrogen and oxygen atoms in total. The van der Waals surface area contributed by atoms with Gasteiger partial charge in [-0.05, 0) is 44.0 Å². The van der Waals surface area contributed by atoms with Gasteiger partial charge in [0, 0.05) is 5.92 Å². The van der Waals surface area contributed by atoms with Crippen molar-refractivity contribution >= 4 is 23.1 Å². The molecule has 4 rings (SSSR count). The third kappa shape index (κ3) is 2.25. The summed E-state index contributed by atoms with van der Waals surface area (Å²) >= 11 is 0. The molecule has 130 valence electrons. The number of aryl methyl sites for hydroxylation is 1. The number of allylic oxidation sites excluding steroid dienone is 2. The average molecular weight is 344 g/mol. The van der Waals surface area contributed by atoms with E-state index in [1.165, 1.54) is 11.1 Å². The molecule has 2 aromatic carbocycles. The Balaban J connectivity index is 1.86. The Hall–Kier alpha value is -3.01. The van der Waals surface area contributed by atoms with E-state index < -0.39 is 5.41 Å². The number of benzene rings is 2. The van der Waals surface area contributed by atoms with E-state index in [2.05, 4.69) is 11.2 Å². The van der Waals surface area contributed by atoms with Crippen LogP contribution in [-0.4, -0.2) is 17.4 Å². The fourth-order valence-electron chi connectivity index (χ4n) is 4.09. The number of hydrogen-bond acceptors (Lipinski definition) is 3. The summed E-state index contributed by atoms with van der Waals surface area (Å²) in [5, 5.41) is 5.90. The van der Waals surface area contributed by atoms with Crippen LogP contribution in [0, 0.1) is 12.3 Å². The Morgan fingerprint density at radius 3 is 2.54 bits per heavy atom. The highest BCUT2D eigenvalue weighted by Crippen LogP contribution is 2.49. The number of nitrogens with zero attached hydrogens (tertiary/aromatic N) is 2. The Labute approximate surface area is 152 Å². The highest BCUT2D eigenvalue weighted by molar-refractivity contribution is 6.34. The molecule has 1 aliphatic carbocycles. The number of rotatable bonds is 2. The van der Waals surface area contributed by atoms with Gasteiger partial charge in [-0.25, -0.2) is 0 Å². The topological polar surface area (TPSA) is 49.7 Å². The van der Waals surface area contributed by atoms with Crippen LogP contribution in [0.15, 0.2) is 71.9 Å². The van der Waals surface area contributed by atoms with E-state index in [-0.39, 0.29) is 17.6 Å². The summed E-state index contributed by atoms with van der Waals surface area (Å²) in [4.78, 5) is 26.6. The van der Waals surface area contributed by atoms with Gasteiger partial charge < -0.3 is 0 Å². The second-order valence-corrected chi connectivity index (χ2v) is 6.91. The average Bonchev–Trinajstić information content (AvgIpc) is 2.91. The van der Waals surface area contributed by atoms with E-state index in [0.29, 0.717) is 17.8 Å². The van der Waals surface area contributed by atoms with Crippen LogP contribution in [0.4, 0.5) is 5.69 Å². The normalized spacial score (nSPS) is 25.1. The molecule has 26 heavy (non-hydrogen) atoms. The molecule has 0 saturated heterocycles. The van der Waals surface area contributed by atoms with Gasteiger partial charge in [0.1, 0.15) is 0 Å². The van der Waals surface area contributed by atoms with Crippen LogP contribution in [0.3, 0.4) is 0 Å². The van der Waals surface area contributed by atoms with E-state index in [1.54, 1.807) is 6.92 Å². The summed E-state index contributed by atoms with van der Waals surface area (Å²) in [6.07, 6.45) is 4.04. The Bertz CT molecular complexity index is 946. The first-order valence-corrected chi connectivity index (χ1v) is 8.78. The fourth-order valence-corrected chi connectivity index (χ4v) is 4.09. The van der Waals surface area contributed by atoms with Crippen molar-refractivity contribution in [3.8, 4) is 0 Å². The number of amides is 1. The monoisotopic (exact) mass is 344 g/mol. The summed E-state index contributed by atoms with van der Waals surface area (Å²) in [6, 6.07) is 17.3. The highest BCUT2D eigenvalue weighted by atomic mass is 16.2. The number of hydrazone groups is 1. The molecule has 0 saturated carbocycles. The lowest BCUT2D eigenvalue weighted by Gasteiger charge is -2.36. The summed E-state index contributed by atoms with van der Waals surface area (Å²) < 4.78 is 0. The molecule has 2 atom stereocenters. The SMILES string of the molecule is CC1=NN(c2ccccc2)C(=O)[C@@]12C(=O)C=CC[C@@H]2c1cccc(C)c1. The number of anilines is 1. The molecule has 2 aromatic rings. The Morgan fingerprint density at radius 1 is 1.04 bits per heavy atom. The smallest absolute Gasteiger partial charge is 0.267 e. The van der Waals surface area contributed by atoms with Crippen LogP contribution in [-0.2, 0) is 9.59 Å². The lowest BCUT2D eigenvalue weighted by molar-refractivity contribution is -0.134. The zero-order valence-corrected chi connectivity index (χ0v) is 14.8. The maximum Gasteiger partial charge on any atom is 0.267 e. The van der Waals surface area contributed by atoms with Crippen LogP contribution >= 0.6 is 0 Å². The van der Waals surface area contributed by atoms with Gasteiger partial charge >= 0.3 is 0 Å². The van der Waals surface area contributed by atoms with Gasteiger partial charge in [-0.3, -0.25) is 9.59 Å². The van der Waals surface area contributed by atoms with Crippen LogP contribution in [0.5, 0.6) is 0 Å². The molecule has 1 aliphatic heterocycles. The zero-order chi connectivity index (χ0) is 18.3. The molecule has 0 unspecified atom stereocenters. The van der Waals surface area contributed by atoms with E-state index in [0.717, 1.165) is 11.1 Å². The third-order valence-electron chi connectivity index (χ3n) is 5.35. The van der Waals surface area contributed by atoms with Crippen LogP contribution in [0.25, 0.3) is 0 Å². The van der Waals surface area contributed by atoms with Crippen molar-refractivity contribution in [3.63, 3.8) is 0 Å². The molecule has 0 radical (unpaired) electrons. The van der Waals surface area contributed by atoms with Gasteiger partial charge in [-0.1, -0.05) is 54.1 Å². The predicted octanol–water partition coefficient (Wildman–Crippen LogP) is 4.02. The second-order valence-electron chi connectivity index (χ2n) is 6.91. The van der Waals surface area contributed by atoms with Gasteiger partial charge in [0.25, 0.3) is 5.91 Å². The van der Waals surface area contributed by atoms with Crippen LogP contribution in [0.1, 0.15) is 30.4 Å². The van der Waals surface area contributed by atoms with E-state index in [4.69, 9.17) is 0 Å². The zero-order valence-electron chi connectivity index (χ0n) is 14.8. The fraction of sp³-hybridized carbons (Fsp3) is 0.227. The molecule has 0 aromatic heterocycles. The van der Waals surface area contributed by atoms with Crippen molar-refractivity contribution in [3.05, 3.63) is 77.9 Å². The summed E-state index contributed by atoms with van der Waals surface area (Å²) in [5.74, 6) is -0.688. The minimum Gasteiger partial charge on any atom is -0.293 e. The molecule has 2 aliphatic rings. The summed E-state index contributed by atoms with van der Waals surface area (Å²) in [6.45, 7) is 3.81. The quantitative estimate of drug-likeness (QED) is 0.773. The molecular formula is C22H20N2O2. The molecule has 4 heteroatoms. The second kappa shape index (κ2) is 6.06. The summed E-state index contributed by atoms with van der Waals surface area (Å²) in [7, 11) is 0. The lowest BCUT2D eigenvalue weighted by Crippen LogP contribution is -2.50. The first-order valence-electron chi connectivity index (χ1n) is 8.78. The van der Waals surface area contributed by atoms with Gasteiger partial charge in [0.2, 0.25) is 0 Å². The first-order chi connectivity index (χ1) is 12.5. The molecule has 0 N–H and O–H groups in total. The maximum absolute atomic E-state index is 13.5. The number of carbonyl (C=O) groups is 2. The molecule has 1 heterocycles. The lowest BCUT2D eigenvalue weighted by atomic mass is 9.62. The van der Waals surface area contributed by atoms with Crippen molar-refractivity contribution in [1.82, 2.24) is 0 Å². The largest absolute Gasteiger partial charge is 0.293 e. The van der Waals surface area contributed by atoms with Crippen LogP contribution < -0.4 is 5.01 Å². The van der Waals surface area contributed by atoms with Crippen molar-refractivity contribution in [1.29, 1.82) is 0 Å². The minimum absolute atomic E-state index is 0.181. The van der Waals surface area contributed by atoms with Crippen molar-refractivity contribution in [2.75, 3.05) is 5.01 Å². The molecule has 0 fully saturated rings. The number of ketones is 1. The number of carbonyl (C=O) groups excluding carboxylic acids is 2. The van der Waals surface area contributed by atoms with Gasteiger partial charge in [0.15, 0.2) is 11.2 Å². The third-order valence-corrected chi connectivity index (χ3v) is 5.35. The van der Waals surface area contributed by atoms with Crippen LogP contribution in [0.2, 0.25) is 0 Å². The molecular weight excluding hydrogens is 324 g/mol. The number of para-hydroxylation sites is 1. The predicted molar refractivity (Wildman–Crippen MR) is 102 cm³/mol. The standard InChI is InChI=1S/C22H20N2O2/c1-15-8-6-9-17(14-15)19-12-7-13-20(25)22(19)16(2)23-24(21(22)26)18-10-4-3-5-11-18/h3-11,13-14,19H,12H2,1-2H3/t19-,22+/m1/s1. The van der Waals surface area contributed by atoms with Gasteiger partial charge in [-0.15, -0.1) is 0 Å². The Kier molecular flexibility index (Phi) is 3.83. The number of hydrogen-bond donors (Lipinski definition) is 0. The van der Waals surface area contributed by atoms with Crippen molar-refractivity contribution in [2.45, 2.75) is 26.2 Å². The van der Waals surface area contributed by atoms with E-state index in [1.807, 2.05) is 61.5 Å². The van der Waals surface area contributed by atoms with Gasteiger partial charge in [-0.2, -0.15) is 10.1 Å². The highest BCUT2D eigenvalue weighted by Gasteiger charge is 2.60. The van der Waals surface area contributed by atoms with Gasteiger partial charge in [0.05, 0.1) is 11.4 Å². The first kappa shape index (κ1) is 16.5. The van der Waals surface area contributed by atoms with E-state index >= 15 is 0 Å². The van der Waals surface area contributed by atoms with Crippen molar-refractivity contribution < 1.29 is 9.59 Å². The van der Waals surface area contributed by atoms with Crippen molar-refractivity contribution in [2.24, 2.45) is 10.5 Å². The summed E-state index contributed by atoms with van der Waals surface area (Å²) in [5.41, 5.74) is 2.10. The molecule has 0 bridgehead atoms. The maximum atomic E-state index is 13.5. The minimum atomic E-state index is -1.25. The molecule has 1 spiro atoms. The van der Waals surface area contributed by atoms with E-state index in [9.17, 15) is 9.59 Å².